The van der Waals surface area contributed by atoms with Crippen LogP contribution in [0.2, 0.25) is 0 Å². The fraction of sp³-hybridized carbons (Fsp3) is 0.188. The summed E-state index contributed by atoms with van der Waals surface area (Å²) in [5, 5.41) is 9.51. The van der Waals surface area contributed by atoms with Gasteiger partial charge in [0.2, 0.25) is 0 Å². The molecule has 2 aromatic carbocycles. The zero-order valence-electron chi connectivity index (χ0n) is 12.3. The van der Waals surface area contributed by atoms with Crippen LogP contribution in [0.4, 0.5) is 13.2 Å². The third-order valence-corrected chi connectivity index (χ3v) is 3.58. The van der Waals surface area contributed by atoms with Crippen molar-refractivity contribution in [1.29, 1.82) is 0 Å². The molecule has 0 aliphatic rings. The predicted molar refractivity (Wildman–Crippen MR) is 79.9 cm³/mol. The summed E-state index contributed by atoms with van der Waals surface area (Å²) in [4.78, 5) is 4.13. The van der Waals surface area contributed by atoms with E-state index in [1.807, 2.05) is 0 Å². The molecule has 126 valence electrons. The fourth-order valence-corrected chi connectivity index (χ4v) is 2.54. The number of aliphatic hydroxyl groups is 1. The van der Waals surface area contributed by atoms with E-state index in [-0.39, 0.29) is 18.9 Å². The minimum Gasteiger partial charge on any atom is -0.443 e. The second-order valence-corrected chi connectivity index (χ2v) is 5.03. The molecule has 8 heteroatoms. The van der Waals surface area contributed by atoms with Gasteiger partial charge in [-0.15, -0.1) is 13.2 Å². The molecule has 0 fully saturated rings. The summed E-state index contributed by atoms with van der Waals surface area (Å²) < 4.78 is 45.9. The van der Waals surface area contributed by atoms with Crippen molar-refractivity contribution in [2.45, 2.75) is 19.5 Å². The Hall–Kier alpha value is -2.58. The Bertz CT molecular complexity index is 857. The third-order valence-electron chi connectivity index (χ3n) is 3.58. The molecule has 0 unspecified atom stereocenters. The van der Waals surface area contributed by atoms with E-state index < -0.39 is 6.36 Å². The minimum atomic E-state index is -4.74. The van der Waals surface area contributed by atoms with E-state index in [1.54, 1.807) is 6.07 Å². The van der Waals surface area contributed by atoms with Crippen LogP contribution in [0.15, 0.2) is 41.1 Å². The van der Waals surface area contributed by atoms with Crippen molar-refractivity contribution in [3.05, 3.63) is 47.9 Å². The van der Waals surface area contributed by atoms with Gasteiger partial charge < -0.3 is 20.0 Å². The Morgan fingerprint density at radius 2 is 1.92 bits per heavy atom. The molecule has 0 saturated heterocycles. The average molecular weight is 338 g/mol. The zero-order valence-corrected chi connectivity index (χ0v) is 12.3. The molecule has 5 nitrogen and oxygen atoms in total. The Balaban J connectivity index is 2.08. The van der Waals surface area contributed by atoms with Gasteiger partial charge in [0.15, 0.2) is 12.0 Å². The van der Waals surface area contributed by atoms with Gasteiger partial charge in [-0.1, -0.05) is 12.1 Å². The number of halogens is 3. The van der Waals surface area contributed by atoms with Gasteiger partial charge in [0.05, 0.1) is 6.61 Å². The lowest BCUT2D eigenvalue weighted by atomic mass is 9.97. The number of hydrogen-bond acceptors (Lipinski definition) is 5. The van der Waals surface area contributed by atoms with Crippen LogP contribution in [0.1, 0.15) is 11.1 Å². The standard InChI is InChI=1S/C16H13F3N2O3/c17-16(18,19)24-11-3-1-9(2-4-11)12-5-10(6-20)13(7-22)15-14(12)21-8-23-15/h1-5,8,22H,6-7,20H2. The Kier molecular flexibility index (Phi) is 4.16. The molecule has 1 heterocycles. The molecule has 0 amide bonds. The topological polar surface area (TPSA) is 81.5 Å². The van der Waals surface area contributed by atoms with Gasteiger partial charge in [0.25, 0.3) is 0 Å². The van der Waals surface area contributed by atoms with Crippen LogP contribution < -0.4 is 10.5 Å². The summed E-state index contributed by atoms with van der Waals surface area (Å²) in [6.07, 6.45) is -3.49. The minimum absolute atomic E-state index is 0.175. The summed E-state index contributed by atoms with van der Waals surface area (Å²) in [5.74, 6) is -0.311. The molecule has 0 aliphatic carbocycles. The van der Waals surface area contributed by atoms with Gasteiger partial charge in [-0.25, -0.2) is 4.98 Å². The van der Waals surface area contributed by atoms with Crippen molar-refractivity contribution in [2.24, 2.45) is 5.73 Å². The van der Waals surface area contributed by atoms with E-state index in [4.69, 9.17) is 10.2 Å². The molecule has 1 aromatic heterocycles. The highest BCUT2D eigenvalue weighted by Crippen LogP contribution is 2.34. The molecule has 3 aromatic rings. The van der Waals surface area contributed by atoms with Crippen LogP contribution >= 0.6 is 0 Å². The molecular formula is C16H13F3N2O3. The molecule has 3 rings (SSSR count). The number of benzene rings is 2. The SMILES string of the molecule is NCc1cc(-c2ccc(OC(F)(F)F)cc2)c2ncoc2c1CO. The molecular weight excluding hydrogens is 325 g/mol. The first-order valence-corrected chi connectivity index (χ1v) is 6.98. The van der Waals surface area contributed by atoms with E-state index in [0.29, 0.717) is 33.4 Å². The van der Waals surface area contributed by atoms with Gasteiger partial charge in [0.1, 0.15) is 11.3 Å². The smallest absolute Gasteiger partial charge is 0.443 e. The van der Waals surface area contributed by atoms with Crippen molar-refractivity contribution in [2.75, 3.05) is 0 Å². The molecule has 0 spiro atoms. The lowest BCUT2D eigenvalue weighted by Crippen LogP contribution is -2.16. The highest BCUT2D eigenvalue weighted by atomic mass is 19.4. The molecule has 0 atom stereocenters. The van der Waals surface area contributed by atoms with E-state index in [2.05, 4.69) is 9.72 Å². The second kappa shape index (κ2) is 6.14. The molecule has 0 radical (unpaired) electrons. The summed E-state index contributed by atoms with van der Waals surface area (Å²) in [5.41, 5.74) is 9.11. The first-order chi connectivity index (χ1) is 11.4. The van der Waals surface area contributed by atoms with Crippen molar-refractivity contribution in [1.82, 2.24) is 4.98 Å². The maximum Gasteiger partial charge on any atom is 0.573 e. The number of aromatic nitrogens is 1. The third kappa shape index (κ3) is 3.06. The molecule has 24 heavy (non-hydrogen) atoms. The quantitative estimate of drug-likeness (QED) is 0.762. The summed E-state index contributed by atoms with van der Waals surface area (Å²) >= 11 is 0. The molecule has 0 bridgehead atoms. The fourth-order valence-electron chi connectivity index (χ4n) is 2.54. The summed E-state index contributed by atoms with van der Waals surface area (Å²) in [7, 11) is 0. The molecule has 3 N–H and O–H groups in total. The number of alkyl halides is 3. The number of nitrogens with two attached hydrogens (primary N) is 1. The van der Waals surface area contributed by atoms with Crippen molar-refractivity contribution < 1.29 is 27.4 Å². The van der Waals surface area contributed by atoms with Gasteiger partial charge in [-0.2, -0.15) is 0 Å². The number of hydrogen-bond donors (Lipinski definition) is 2. The van der Waals surface area contributed by atoms with Crippen LogP contribution in [0.5, 0.6) is 5.75 Å². The van der Waals surface area contributed by atoms with Gasteiger partial charge in [-0.05, 0) is 29.3 Å². The Labute approximate surface area is 134 Å². The van der Waals surface area contributed by atoms with Crippen molar-refractivity contribution in [3.8, 4) is 16.9 Å². The second-order valence-electron chi connectivity index (χ2n) is 5.03. The number of fused-ring (bicyclic) bond motifs is 1. The average Bonchev–Trinajstić information content (AvgIpc) is 3.02. The number of ether oxygens (including phenoxy) is 1. The van der Waals surface area contributed by atoms with E-state index in [1.165, 1.54) is 30.7 Å². The zero-order chi connectivity index (χ0) is 17.3. The Morgan fingerprint density at radius 3 is 2.50 bits per heavy atom. The van der Waals surface area contributed by atoms with Gasteiger partial charge >= 0.3 is 6.36 Å². The normalized spacial score (nSPS) is 11.9. The van der Waals surface area contributed by atoms with Crippen LogP contribution in [-0.4, -0.2) is 16.5 Å². The van der Waals surface area contributed by atoms with Crippen molar-refractivity contribution in [3.63, 3.8) is 0 Å². The first kappa shape index (κ1) is 16.3. The Morgan fingerprint density at radius 1 is 1.21 bits per heavy atom. The molecule has 0 saturated carbocycles. The summed E-state index contributed by atoms with van der Waals surface area (Å²) in [6, 6.07) is 7.16. The monoisotopic (exact) mass is 338 g/mol. The highest BCUT2D eigenvalue weighted by Gasteiger charge is 2.31. The van der Waals surface area contributed by atoms with Gasteiger partial charge in [0, 0.05) is 17.7 Å². The first-order valence-electron chi connectivity index (χ1n) is 6.98. The number of aliphatic hydroxyl groups excluding tert-OH is 1. The van der Waals surface area contributed by atoms with Crippen LogP contribution in [-0.2, 0) is 13.2 Å². The summed E-state index contributed by atoms with van der Waals surface area (Å²) in [6.45, 7) is -0.0777. The number of oxazole rings is 1. The lowest BCUT2D eigenvalue weighted by Gasteiger charge is -2.12. The number of nitrogens with zero attached hydrogens (tertiary/aromatic N) is 1. The van der Waals surface area contributed by atoms with E-state index in [0.717, 1.165) is 0 Å². The highest BCUT2D eigenvalue weighted by molar-refractivity contribution is 5.93. The van der Waals surface area contributed by atoms with E-state index >= 15 is 0 Å². The largest absolute Gasteiger partial charge is 0.573 e. The van der Waals surface area contributed by atoms with E-state index in [9.17, 15) is 18.3 Å². The predicted octanol–water partition coefficient (Wildman–Crippen LogP) is 3.34. The molecule has 0 aliphatic heterocycles. The van der Waals surface area contributed by atoms with Crippen LogP contribution in [0, 0.1) is 0 Å². The van der Waals surface area contributed by atoms with Crippen molar-refractivity contribution >= 4 is 11.1 Å². The number of rotatable bonds is 4. The van der Waals surface area contributed by atoms with Gasteiger partial charge in [-0.3, -0.25) is 0 Å². The maximum absolute atomic E-state index is 12.2. The lowest BCUT2D eigenvalue weighted by molar-refractivity contribution is -0.274. The maximum atomic E-state index is 12.2. The van der Waals surface area contributed by atoms with Crippen LogP contribution in [0.3, 0.4) is 0 Å². The van der Waals surface area contributed by atoms with Crippen LogP contribution in [0.25, 0.3) is 22.2 Å².